The van der Waals surface area contributed by atoms with Crippen LogP contribution in [-0.2, 0) is 6.54 Å². The SMILES string of the molecule is Cc1ccc(S/C(NCc2ccccc2)=C(\C(Cl)=C(Cl)Cl)[N+](=O)[O-])cc1. The Kier molecular flexibility index (Phi) is 7.85. The Balaban J connectivity index is 2.41. The van der Waals surface area contributed by atoms with Crippen LogP contribution in [0.2, 0.25) is 0 Å². The molecule has 0 unspecified atom stereocenters. The Bertz CT molecular complexity index is 833. The third-order valence-corrected chi connectivity index (χ3v) is 5.30. The summed E-state index contributed by atoms with van der Waals surface area (Å²) in [5.74, 6) is 0. The minimum atomic E-state index is -0.596. The highest BCUT2D eigenvalue weighted by molar-refractivity contribution is 8.03. The second-order valence-electron chi connectivity index (χ2n) is 5.26. The molecule has 0 radical (unpaired) electrons. The highest BCUT2D eigenvalue weighted by atomic mass is 35.5. The first-order valence-corrected chi connectivity index (χ1v) is 9.45. The number of nitrogens with one attached hydrogen (secondary N) is 1. The summed E-state index contributed by atoms with van der Waals surface area (Å²) < 4.78 is -0.359. The molecule has 2 rings (SSSR count). The van der Waals surface area contributed by atoms with Gasteiger partial charge < -0.3 is 5.32 Å². The van der Waals surface area contributed by atoms with Gasteiger partial charge in [0.15, 0.2) is 10.1 Å². The number of nitrogens with zero attached hydrogens (tertiary/aromatic N) is 1. The van der Waals surface area contributed by atoms with Gasteiger partial charge in [0.05, 0.1) is 4.92 Å². The molecule has 0 spiro atoms. The summed E-state index contributed by atoms with van der Waals surface area (Å²) in [5, 5.41) is 14.6. The van der Waals surface area contributed by atoms with Gasteiger partial charge in [0.1, 0.15) is 4.49 Å². The van der Waals surface area contributed by atoms with E-state index in [1.54, 1.807) is 0 Å². The van der Waals surface area contributed by atoms with Gasteiger partial charge in [-0.1, -0.05) is 94.6 Å². The van der Waals surface area contributed by atoms with Crippen LogP contribution in [0.4, 0.5) is 0 Å². The summed E-state index contributed by atoms with van der Waals surface area (Å²) in [7, 11) is 0. The number of benzene rings is 2. The van der Waals surface area contributed by atoms with Crippen molar-refractivity contribution in [1.82, 2.24) is 5.32 Å². The van der Waals surface area contributed by atoms with E-state index in [4.69, 9.17) is 34.8 Å². The third kappa shape index (κ3) is 5.95. The molecule has 0 saturated heterocycles. The third-order valence-electron chi connectivity index (χ3n) is 3.31. The largest absolute Gasteiger partial charge is 0.370 e. The molecule has 0 bridgehead atoms. The smallest absolute Gasteiger partial charge is 0.320 e. The van der Waals surface area contributed by atoms with Crippen LogP contribution < -0.4 is 5.32 Å². The quantitative estimate of drug-likeness (QED) is 0.246. The first kappa shape index (κ1) is 20.6. The highest BCUT2D eigenvalue weighted by Crippen LogP contribution is 2.34. The number of halogens is 3. The van der Waals surface area contributed by atoms with Crippen LogP contribution in [0.1, 0.15) is 11.1 Å². The van der Waals surface area contributed by atoms with E-state index in [0.717, 1.165) is 16.0 Å². The van der Waals surface area contributed by atoms with E-state index in [0.29, 0.717) is 6.54 Å². The summed E-state index contributed by atoms with van der Waals surface area (Å²) >= 11 is 18.6. The van der Waals surface area contributed by atoms with Gasteiger partial charge in [-0.3, -0.25) is 10.1 Å². The Morgan fingerprint density at radius 1 is 1.08 bits per heavy atom. The molecule has 8 heteroatoms. The number of allylic oxidation sites excluding steroid dienone is 1. The van der Waals surface area contributed by atoms with Crippen LogP contribution >= 0.6 is 46.6 Å². The van der Waals surface area contributed by atoms with E-state index >= 15 is 0 Å². The minimum Gasteiger partial charge on any atom is -0.370 e. The van der Waals surface area contributed by atoms with E-state index in [9.17, 15) is 10.1 Å². The molecule has 1 N–H and O–H groups in total. The van der Waals surface area contributed by atoms with Crippen LogP contribution in [0.5, 0.6) is 0 Å². The molecule has 0 fully saturated rings. The van der Waals surface area contributed by atoms with Gasteiger partial charge in [0, 0.05) is 11.4 Å². The first-order valence-electron chi connectivity index (χ1n) is 7.50. The number of thioether (sulfide) groups is 1. The molecule has 4 nitrogen and oxygen atoms in total. The highest BCUT2D eigenvalue weighted by Gasteiger charge is 2.26. The molecule has 0 aromatic heterocycles. The number of hydrogen-bond acceptors (Lipinski definition) is 4. The van der Waals surface area contributed by atoms with Crippen molar-refractivity contribution in [1.29, 1.82) is 0 Å². The zero-order valence-electron chi connectivity index (χ0n) is 13.7. The summed E-state index contributed by atoms with van der Waals surface area (Å²) in [5.41, 5.74) is 1.69. The normalized spacial score (nSPS) is 11.5. The second kappa shape index (κ2) is 9.88. The fourth-order valence-electron chi connectivity index (χ4n) is 2.02. The molecule has 136 valence electrons. The predicted octanol–water partition coefficient (Wildman–Crippen LogP) is 6.21. The number of hydrogen-bond donors (Lipinski definition) is 1. The molecule has 0 saturated carbocycles. The average molecular weight is 430 g/mol. The number of aryl methyl sites for hydroxylation is 1. The lowest BCUT2D eigenvalue weighted by molar-refractivity contribution is -0.420. The topological polar surface area (TPSA) is 55.2 Å². The van der Waals surface area contributed by atoms with E-state index in [-0.39, 0.29) is 20.2 Å². The van der Waals surface area contributed by atoms with Crippen molar-refractivity contribution in [2.75, 3.05) is 0 Å². The maximum Gasteiger partial charge on any atom is 0.320 e. The number of rotatable bonds is 7. The molecule has 0 atom stereocenters. The van der Waals surface area contributed by atoms with Crippen molar-refractivity contribution in [3.8, 4) is 0 Å². The standard InChI is InChI=1S/C18H15Cl3N2O2S/c1-12-7-9-14(10-8-12)26-18(16(23(24)25)15(19)17(20)21)22-11-13-5-3-2-4-6-13/h2-10,22H,11H2,1H3/b18-16+. The van der Waals surface area contributed by atoms with Crippen molar-refractivity contribution < 1.29 is 4.92 Å². The molecule has 0 amide bonds. The van der Waals surface area contributed by atoms with Gasteiger partial charge in [0.25, 0.3) is 0 Å². The zero-order chi connectivity index (χ0) is 19.1. The summed E-state index contributed by atoms with van der Waals surface area (Å²) in [6.45, 7) is 2.35. The Morgan fingerprint density at radius 3 is 2.23 bits per heavy atom. The first-order chi connectivity index (χ1) is 12.4. The number of nitro groups is 1. The van der Waals surface area contributed by atoms with Gasteiger partial charge >= 0.3 is 5.70 Å². The fraction of sp³-hybridized carbons (Fsp3) is 0.111. The molecule has 0 heterocycles. The zero-order valence-corrected chi connectivity index (χ0v) is 16.8. The second-order valence-corrected chi connectivity index (χ2v) is 7.67. The summed E-state index contributed by atoms with van der Waals surface area (Å²) in [6.07, 6.45) is 0. The molecule has 26 heavy (non-hydrogen) atoms. The van der Waals surface area contributed by atoms with Crippen LogP contribution in [-0.4, -0.2) is 4.92 Å². The van der Waals surface area contributed by atoms with Gasteiger partial charge in [-0.25, -0.2) is 0 Å². The maximum absolute atomic E-state index is 11.6. The minimum absolute atomic E-state index is 0.256. The molecular weight excluding hydrogens is 415 g/mol. The molecular formula is C18H15Cl3N2O2S. The fourth-order valence-corrected chi connectivity index (χ4v) is 3.35. The van der Waals surface area contributed by atoms with Gasteiger partial charge in [-0.15, -0.1) is 0 Å². The molecule has 2 aromatic rings. The summed E-state index contributed by atoms with van der Waals surface area (Å²) in [6, 6.07) is 17.1. The lowest BCUT2D eigenvalue weighted by Gasteiger charge is -2.12. The monoisotopic (exact) mass is 428 g/mol. The van der Waals surface area contributed by atoms with Gasteiger partial charge in [-0.2, -0.15) is 0 Å². The molecule has 2 aromatic carbocycles. The van der Waals surface area contributed by atoms with Gasteiger partial charge in [0.2, 0.25) is 0 Å². The van der Waals surface area contributed by atoms with E-state index in [1.807, 2.05) is 61.5 Å². The van der Waals surface area contributed by atoms with E-state index in [1.165, 1.54) is 11.8 Å². The van der Waals surface area contributed by atoms with Crippen molar-refractivity contribution in [2.24, 2.45) is 0 Å². The molecule has 0 aliphatic heterocycles. The lowest BCUT2D eigenvalue weighted by Crippen LogP contribution is -2.16. The predicted molar refractivity (Wildman–Crippen MR) is 109 cm³/mol. The Hall–Kier alpha value is -1.66. The van der Waals surface area contributed by atoms with Crippen LogP contribution in [0.15, 0.2) is 79.7 Å². The van der Waals surface area contributed by atoms with E-state index < -0.39 is 4.92 Å². The van der Waals surface area contributed by atoms with Crippen molar-refractivity contribution in [2.45, 2.75) is 18.4 Å². The van der Waals surface area contributed by atoms with Crippen molar-refractivity contribution in [3.63, 3.8) is 0 Å². The van der Waals surface area contributed by atoms with Crippen molar-refractivity contribution in [3.05, 3.63) is 96.1 Å². The molecule has 0 aliphatic carbocycles. The average Bonchev–Trinajstić information content (AvgIpc) is 2.62. The van der Waals surface area contributed by atoms with Crippen molar-refractivity contribution >= 4 is 46.6 Å². The maximum atomic E-state index is 11.6. The molecule has 0 aliphatic rings. The van der Waals surface area contributed by atoms with E-state index in [2.05, 4.69) is 5.32 Å². The van der Waals surface area contributed by atoms with Crippen LogP contribution in [0.25, 0.3) is 0 Å². The van der Waals surface area contributed by atoms with Crippen LogP contribution in [0.3, 0.4) is 0 Å². The van der Waals surface area contributed by atoms with Gasteiger partial charge in [-0.05, 0) is 24.6 Å². The lowest BCUT2D eigenvalue weighted by atomic mass is 10.2. The Morgan fingerprint density at radius 2 is 1.69 bits per heavy atom. The summed E-state index contributed by atoms with van der Waals surface area (Å²) in [4.78, 5) is 11.8. The Labute approximate surface area is 171 Å². The van der Waals surface area contributed by atoms with Crippen LogP contribution in [0, 0.1) is 17.0 Å².